The van der Waals surface area contributed by atoms with E-state index < -0.39 is 6.10 Å². The number of rotatable bonds is 3. The zero-order valence-electron chi connectivity index (χ0n) is 18.4. The van der Waals surface area contributed by atoms with Crippen LogP contribution >= 0.6 is 0 Å². The highest BCUT2D eigenvalue weighted by Crippen LogP contribution is 2.34. The summed E-state index contributed by atoms with van der Waals surface area (Å²) < 4.78 is 29.0. The van der Waals surface area contributed by atoms with Gasteiger partial charge in [-0.1, -0.05) is 12.1 Å². The molecule has 0 spiro atoms. The first-order chi connectivity index (χ1) is 15.9. The fraction of sp³-hybridized carbons (Fsp3) is 0.360. The SMILES string of the molecule is CC(c1ccc(F)cc1)n1nc(-c2ccc(F)cc2)c2c1CCN(C(=O)N1CCC(O)C1)C2. The Morgan fingerprint density at radius 2 is 1.70 bits per heavy atom. The molecule has 2 unspecified atom stereocenters. The number of hydrogen-bond acceptors (Lipinski definition) is 3. The van der Waals surface area contributed by atoms with Gasteiger partial charge in [-0.15, -0.1) is 0 Å². The van der Waals surface area contributed by atoms with Gasteiger partial charge in [0.15, 0.2) is 0 Å². The molecule has 33 heavy (non-hydrogen) atoms. The van der Waals surface area contributed by atoms with E-state index in [0.717, 1.165) is 28.1 Å². The molecule has 5 rings (SSSR count). The van der Waals surface area contributed by atoms with Crippen molar-refractivity contribution < 1.29 is 18.7 Å². The summed E-state index contributed by atoms with van der Waals surface area (Å²) in [5.41, 5.74) is 4.39. The van der Waals surface area contributed by atoms with Gasteiger partial charge in [0.25, 0.3) is 0 Å². The number of fused-ring (bicyclic) bond motifs is 1. The third kappa shape index (κ3) is 4.11. The van der Waals surface area contributed by atoms with Crippen LogP contribution in [0.5, 0.6) is 0 Å². The number of β-amino-alcohol motifs (C(OH)–C–C–N with tert-alkyl or cyclic N) is 1. The van der Waals surface area contributed by atoms with E-state index in [0.29, 0.717) is 39.0 Å². The summed E-state index contributed by atoms with van der Waals surface area (Å²) >= 11 is 0. The fourth-order valence-electron chi connectivity index (χ4n) is 4.77. The number of carbonyl (C=O) groups is 1. The minimum absolute atomic E-state index is 0.0819. The van der Waals surface area contributed by atoms with Crippen LogP contribution in [0.25, 0.3) is 11.3 Å². The third-order valence-corrected chi connectivity index (χ3v) is 6.63. The number of nitrogens with zero attached hydrogens (tertiary/aromatic N) is 4. The van der Waals surface area contributed by atoms with Crippen LogP contribution < -0.4 is 0 Å². The maximum absolute atomic E-state index is 13.6. The van der Waals surface area contributed by atoms with Crippen LogP contribution in [-0.2, 0) is 13.0 Å². The Bertz CT molecular complexity index is 1160. The largest absolute Gasteiger partial charge is 0.391 e. The minimum atomic E-state index is -0.469. The number of carbonyl (C=O) groups excluding carboxylic acids is 1. The lowest BCUT2D eigenvalue weighted by atomic mass is 10.00. The Balaban J connectivity index is 1.52. The van der Waals surface area contributed by atoms with E-state index in [2.05, 4.69) is 0 Å². The van der Waals surface area contributed by atoms with E-state index in [-0.39, 0.29) is 23.7 Å². The number of halogens is 2. The highest BCUT2D eigenvalue weighted by Gasteiger charge is 2.33. The molecule has 0 radical (unpaired) electrons. The Morgan fingerprint density at radius 1 is 1.03 bits per heavy atom. The highest BCUT2D eigenvalue weighted by atomic mass is 19.1. The number of aliphatic hydroxyl groups is 1. The van der Waals surface area contributed by atoms with Crippen molar-refractivity contribution in [3.63, 3.8) is 0 Å². The zero-order chi connectivity index (χ0) is 23.1. The molecule has 1 fully saturated rings. The second-order valence-corrected chi connectivity index (χ2v) is 8.80. The van der Waals surface area contributed by atoms with E-state index >= 15 is 0 Å². The van der Waals surface area contributed by atoms with Crippen molar-refractivity contribution >= 4 is 6.03 Å². The van der Waals surface area contributed by atoms with E-state index in [1.165, 1.54) is 24.3 Å². The molecule has 3 aromatic rings. The van der Waals surface area contributed by atoms with Gasteiger partial charge in [0.1, 0.15) is 11.6 Å². The topological polar surface area (TPSA) is 61.6 Å². The summed E-state index contributed by atoms with van der Waals surface area (Å²) in [6.07, 6.45) is 0.749. The maximum atomic E-state index is 13.6. The average molecular weight is 453 g/mol. The first-order valence-corrected chi connectivity index (χ1v) is 11.2. The molecule has 2 aliphatic heterocycles. The van der Waals surface area contributed by atoms with Gasteiger partial charge in [0, 0.05) is 42.9 Å². The Labute approximate surface area is 191 Å². The summed E-state index contributed by atoms with van der Waals surface area (Å²) in [7, 11) is 0. The standard InChI is InChI=1S/C25H26F2N4O2/c1-16(17-2-6-19(26)7-3-17)31-23-11-13-30(25(33)29-12-10-21(32)14-29)15-22(23)24(28-31)18-4-8-20(27)9-5-18/h2-9,16,21,32H,10-15H2,1H3. The van der Waals surface area contributed by atoms with Crippen molar-refractivity contribution in [2.45, 2.75) is 38.5 Å². The number of amides is 2. The molecule has 1 aromatic heterocycles. The van der Waals surface area contributed by atoms with Crippen LogP contribution in [0.1, 0.15) is 36.2 Å². The van der Waals surface area contributed by atoms with Gasteiger partial charge in [-0.2, -0.15) is 5.10 Å². The van der Waals surface area contributed by atoms with Crippen LogP contribution in [0.3, 0.4) is 0 Å². The molecule has 3 heterocycles. The Morgan fingerprint density at radius 3 is 2.33 bits per heavy atom. The first kappa shape index (κ1) is 21.6. The van der Waals surface area contributed by atoms with Crippen LogP contribution in [-0.4, -0.2) is 56.5 Å². The monoisotopic (exact) mass is 452 g/mol. The molecule has 0 bridgehead atoms. The lowest BCUT2D eigenvalue weighted by Gasteiger charge is -2.32. The third-order valence-electron chi connectivity index (χ3n) is 6.63. The lowest BCUT2D eigenvalue weighted by Crippen LogP contribution is -2.44. The Hall–Kier alpha value is -3.26. The van der Waals surface area contributed by atoms with Crippen molar-refractivity contribution in [3.8, 4) is 11.3 Å². The number of urea groups is 1. The number of likely N-dealkylation sites (tertiary alicyclic amines) is 1. The molecule has 6 nitrogen and oxygen atoms in total. The number of hydrogen-bond donors (Lipinski definition) is 1. The molecule has 0 saturated carbocycles. The van der Waals surface area contributed by atoms with E-state index in [1.807, 2.05) is 11.6 Å². The zero-order valence-corrected chi connectivity index (χ0v) is 18.4. The summed E-state index contributed by atoms with van der Waals surface area (Å²) in [4.78, 5) is 16.6. The van der Waals surface area contributed by atoms with Gasteiger partial charge in [0.2, 0.25) is 0 Å². The van der Waals surface area contributed by atoms with Crippen molar-refractivity contribution in [1.82, 2.24) is 19.6 Å². The Kier molecular flexibility index (Phi) is 5.62. The lowest BCUT2D eigenvalue weighted by molar-refractivity contribution is 0.142. The number of aromatic nitrogens is 2. The molecule has 1 N–H and O–H groups in total. The van der Waals surface area contributed by atoms with E-state index in [9.17, 15) is 18.7 Å². The summed E-state index contributed by atoms with van der Waals surface area (Å²) in [6, 6.07) is 12.4. The van der Waals surface area contributed by atoms with Crippen molar-refractivity contribution in [2.75, 3.05) is 19.6 Å². The van der Waals surface area contributed by atoms with Gasteiger partial charge >= 0.3 is 6.03 Å². The molecule has 2 amide bonds. The predicted octanol–water partition coefficient (Wildman–Crippen LogP) is 3.98. The van der Waals surface area contributed by atoms with E-state index in [1.54, 1.807) is 34.1 Å². The second-order valence-electron chi connectivity index (χ2n) is 8.80. The minimum Gasteiger partial charge on any atom is -0.391 e. The normalized spacial score (nSPS) is 19.0. The van der Waals surface area contributed by atoms with Gasteiger partial charge in [-0.05, 0) is 55.3 Å². The second kappa shape index (κ2) is 8.59. The predicted molar refractivity (Wildman–Crippen MR) is 120 cm³/mol. The maximum Gasteiger partial charge on any atom is 0.320 e. The summed E-state index contributed by atoms with van der Waals surface area (Å²) in [6.45, 7) is 3.85. The molecule has 2 atom stereocenters. The fourth-order valence-corrected chi connectivity index (χ4v) is 4.77. The molecule has 2 aromatic carbocycles. The smallest absolute Gasteiger partial charge is 0.320 e. The quantitative estimate of drug-likeness (QED) is 0.654. The molecular weight excluding hydrogens is 426 g/mol. The van der Waals surface area contributed by atoms with Crippen LogP contribution in [0.15, 0.2) is 48.5 Å². The molecule has 1 saturated heterocycles. The van der Waals surface area contributed by atoms with Crippen LogP contribution in [0.4, 0.5) is 13.6 Å². The van der Waals surface area contributed by atoms with Crippen LogP contribution in [0, 0.1) is 11.6 Å². The molecular formula is C25H26F2N4O2. The van der Waals surface area contributed by atoms with Crippen molar-refractivity contribution in [1.29, 1.82) is 0 Å². The summed E-state index contributed by atoms with van der Waals surface area (Å²) in [5, 5.41) is 14.7. The molecule has 2 aliphatic rings. The molecule has 172 valence electrons. The summed E-state index contributed by atoms with van der Waals surface area (Å²) in [5.74, 6) is -0.613. The van der Waals surface area contributed by atoms with Gasteiger partial charge in [-0.3, -0.25) is 4.68 Å². The highest BCUT2D eigenvalue weighted by molar-refractivity contribution is 5.76. The molecule has 8 heteroatoms. The van der Waals surface area contributed by atoms with Gasteiger partial charge in [0.05, 0.1) is 24.4 Å². The van der Waals surface area contributed by atoms with Crippen LogP contribution in [0.2, 0.25) is 0 Å². The number of aliphatic hydroxyl groups excluding tert-OH is 1. The average Bonchev–Trinajstić information content (AvgIpc) is 3.43. The van der Waals surface area contributed by atoms with Crippen molar-refractivity contribution in [3.05, 3.63) is 77.0 Å². The first-order valence-electron chi connectivity index (χ1n) is 11.2. The molecule has 0 aliphatic carbocycles. The van der Waals surface area contributed by atoms with Gasteiger partial charge < -0.3 is 14.9 Å². The van der Waals surface area contributed by atoms with E-state index in [4.69, 9.17) is 5.10 Å². The number of benzene rings is 2. The van der Waals surface area contributed by atoms with Crippen molar-refractivity contribution in [2.24, 2.45) is 0 Å². The van der Waals surface area contributed by atoms with Gasteiger partial charge in [-0.25, -0.2) is 13.6 Å².